The Labute approximate surface area is 119 Å². The van der Waals surface area contributed by atoms with E-state index < -0.39 is 0 Å². The molecule has 1 aromatic carbocycles. The average Bonchev–Trinajstić information content (AvgIpc) is 2.55. The number of aromatic nitrogens is 1. The maximum atomic E-state index is 11.9. The van der Waals surface area contributed by atoms with Gasteiger partial charge in [-0.25, -0.2) is 4.98 Å². The van der Waals surface area contributed by atoms with E-state index in [0.717, 1.165) is 27.2 Å². The van der Waals surface area contributed by atoms with E-state index in [-0.39, 0.29) is 5.91 Å². The first-order valence-electron chi connectivity index (χ1n) is 5.94. The van der Waals surface area contributed by atoms with Crippen molar-refractivity contribution in [2.75, 3.05) is 10.2 Å². The molecule has 0 unspecified atom stereocenters. The molecule has 0 fully saturated rings. The summed E-state index contributed by atoms with van der Waals surface area (Å²) in [7, 11) is 0. The Hall–Kier alpha value is -1.88. The molecular weight excluding hydrogens is 306 g/mol. The van der Waals surface area contributed by atoms with E-state index in [1.807, 2.05) is 30.3 Å². The van der Waals surface area contributed by atoms with Crippen molar-refractivity contribution in [1.82, 2.24) is 4.98 Å². The van der Waals surface area contributed by atoms with Crippen molar-refractivity contribution in [1.29, 1.82) is 0 Å². The molecule has 2 heterocycles. The van der Waals surface area contributed by atoms with Crippen LogP contribution in [0.5, 0.6) is 0 Å². The lowest BCUT2D eigenvalue weighted by Crippen LogP contribution is -2.27. The van der Waals surface area contributed by atoms with E-state index >= 15 is 0 Å². The molecule has 1 amide bonds. The summed E-state index contributed by atoms with van der Waals surface area (Å²) in [6.07, 6.45) is 1.74. The summed E-state index contributed by atoms with van der Waals surface area (Å²) in [5.74, 6) is 0.813. The third-order valence-corrected chi connectivity index (χ3v) is 3.60. The quantitative estimate of drug-likeness (QED) is 0.809. The number of fused-ring (bicyclic) bond motifs is 2. The normalized spacial score (nSPS) is 13.1. The summed E-state index contributed by atoms with van der Waals surface area (Å²) < 4.78 is 0.943. The molecule has 3 rings (SSSR count). The summed E-state index contributed by atoms with van der Waals surface area (Å²) in [5.41, 5.74) is 2.75. The van der Waals surface area contributed by atoms with Gasteiger partial charge in [0.2, 0.25) is 5.91 Å². The monoisotopic (exact) mass is 317 g/mol. The van der Waals surface area contributed by atoms with Gasteiger partial charge in [-0.3, -0.25) is 4.79 Å². The number of carbonyl (C=O) groups is 1. The number of rotatable bonds is 0. The van der Waals surface area contributed by atoms with Crippen molar-refractivity contribution in [3.05, 3.63) is 46.6 Å². The van der Waals surface area contributed by atoms with Crippen LogP contribution >= 0.6 is 15.9 Å². The molecule has 4 nitrogen and oxygen atoms in total. The Balaban J connectivity index is 2.18. The molecule has 0 radical (unpaired) electrons. The first-order valence-corrected chi connectivity index (χ1v) is 6.73. The fourth-order valence-corrected chi connectivity index (χ4v) is 2.53. The van der Waals surface area contributed by atoms with Gasteiger partial charge in [0.05, 0.1) is 17.9 Å². The number of hydrogen-bond donors (Lipinski definition) is 1. The number of amides is 1. The second-order valence-corrected chi connectivity index (χ2v) is 5.32. The molecule has 0 saturated carbocycles. The number of anilines is 3. The number of nitrogens with zero attached hydrogens (tertiary/aromatic N) is 2. The highest BCUT2D eigenvalue weighted by atomic mass is 79.9. The van der Waals surface area contributed by atoms with E-state index in [9.17, 15) is 4.79 Å². The molecule has 1 aliphatic rings. The summed E-state index contributed by atoms with van der Waals surface area (Å²) in [6.45, 7) is 2.10. The third-order valence-electron chi connectivity index (χ3n) is 3.10. The minimum absolute atomic E-state index is 0.0119. The Kier molecular flexibility index (Phi) is 2.98. The molecule has 0 aliphatic carbocycles. The topological polar surface area (TPSA) is 45.2 Å². The number of nitrogens with one attached hydrogen (secondary N) is 1. The second-order valence-electron chi connectivity index (χ2n) is 4.40. The van der Waals surface area contributed by atoms with Gasteiger partial charge in [-0.15, -0.1) is 0 Å². The van der Waals surface area contributed by atoms with E-state index in [2.05, 4.69) is 26.2 Å². The van der Waals surface area contributed by atoms with E-state index in [1.165, 1.54) is 0 Å². The third kappa shape index (κ3) is 2.21. The van der Waals surface area contributed by atoms with Gasteiger partial charge in [-0.2, -0.15) is 0 Å². The average molecular weight is 318 g/mol. The van der Waals surface area contributed by atoms with Gasteiger partial charge in [0.25, 0.3) is 0 Å². The van der Waals surface area contributed by atoms with Crippen molar-refractivity contribution in [3.8, 4) is 0 Å². The molecule has 1 aromatic heterocycles. The summed E-state index contributed by atoms with van der Waals surface area (Å²) in [6, 6.07) is 9.68. The van der Waals surface area contributed by atoms with Crippen molar-refractivity contribution >= 4 is 39.0 Å². The van der Waals surface area contributed by atoms with Crippen molar-refractivity contribution < 1.29 is 4.79 Å². The molecular formula is C14H12BrN3O. The van der Waals surface area contributed by atoms with Crippen LogP contribution < -0.4 is 10.2 Å². The van der Waals surface area contributed by atoms with Crippen LogP contribution in [0.2, 0.25) is 0 Å². The Bertz CT molecular complexity index is 657. The van der Waals surface area contributed by atoms with E-state index in [0.29, 0.717) is 6.54 Å². The first kappa shape index (κ1) is 12.2. The number of halogens is 1. The van der Waals surface area contributed by atoms with Crippen LogP contribution in [0, 0.1) is 0 Å². The van der Waals surface area contributed by atoms with Crippen molar-refractivity contribution in [3.63, 3.8) is 0 Å². The molecule has 0 atom stereocenters. The number of benzene rings is 1. The fraction of sp³-hybridized carbons (Fsp3) is 0.143. The molecule has 1 N–H and O–H groups in total. The Morgan fingerprint density at radius 1 is 1.42 bits per heavy atom. The largest absolute Gasteiger partial charge is 0.338 e. The summed E-state index contributed by atoms with van der Waals surface area (Å²) >= 11 is 3.45. The highest BCUT2D eigenvalue weighted by Gasteiger charge is 2.22. The predicted molar refractivity (Wildman–Crippen MR) is 78.5 cm³/mol. The van der Waals surface area contributed by atoms with Crippen LogP contribution in [0.4, 0.5) is 17.2 Å². The molecule has 1 aliphatic heterocycles. The summed E-state index contributed by atoms with van der Waals surface area (Å²) in [4.78, 5) is 18.0. The zero-order valence-corrected chi connectivity index (χ0v) is 11.9. The Morgan fingerprint density at radius 3 is 3.05 bits per heavy atom. The van der Waals surface area contributed by atoms with Crippen LogP contribution in [0.1, 0.15) is 12.5 Å². The standard InChI is InChI=1S/C14H12BrN3O/c1-9(19)18-8-10-3-2-6-16-14(10)17-12-5-4-11(15)7-13(12)18/h2-7H,8H2,1H3,(H,16,17). The minimum Gasteiger partial charge on any atom is -0.338 e. The molecule has 96 valence electrons. The second kappa shape index (κ2) is 4.66. The Morgan fingerprint density at radius 2 is 2.26 bits per heavy atom. The van der Waals surface area contributed by atoms with E-state index in [1.54, 1.807) is 18.0 Å². The van der Waals surface area contributed by atoms with Crippen LogP contribution in [0.25, 0.3) is 0 Å². The van der Waals surface area contributed by atoms with Gasteiger partial charge in [0.15, 0.2) is 0 Å². The SMILES string of the molecule is CC(=O)N1Cc2cccnc2Nc2ccc(Br)cc21. The van der Waals surface area contributed by atoms with Crippen LogP contribution in [0.3, 0.4) is 0 Å². The van der Waals surface area contributed by atoms with Crippen LogP contribution in [0.15, 0.2) is 41.0 Å². The lowest BCUT2D eigenvalue weighted by atomic mass is 10.2. The molecule has 0 bridgehead atoms. The fourth-order valence-electron chi connectivity index (χ4n) is 2.18. The molecule has 19 heavy (non-hydrogen) atoms. The van der Waals surface area contributed by atoms with Crippen molar-refractivity contribution in [2.45, 2.75) is 13.5 Å². The highest BCUT2D eigenvalue weighted by molar-refractivity contribution is 9.10. The lowest BCUT2D eigenvalue weighted by Gasteiger charge is -2.21. The maximum Gasteiger partial charge on any atom is 0.224 e. The minimum atomic E-state index is 0.0119. The van der Waals surface area contributed by atoms with Crippen LogP contribution in [-0.4, -0.2) is 10.9 Å². The summed E-state index contributed by atoms with van der Waals surface area (Å²) in [5, 5.41) is 3.29. The molecule has 5 heteroatoms. The smallest absolute Gasteiger partial charge is 0.224 e. The zero-order valence-electron chi connectivity index (χ0n) is 10.4. The number of hydrogen-bond acceptors (Lipinski definition) is 3. The predicted octanol–water partition coefficient (Wildman–Crippen LogP) is 3.45. The van der Waals surface area contributed by atoms with E-state index in [4.69, 9.17) is 0 Å². The number of pyridine rings is 1. The van der Waals surface area contributed by atoms with Gasteiger partial charge in [-0.1, -0.05) is 22.0 Å². The van der Waals surface area contributed by atoms with Gasteiger partial charge >= 0.3 is 0 Å². The molecule has 0 saturated heterocycles. The number of carbonyl (C=O) groups excluding carboxylic acids is 1. The first-order chi connectivity index (χ1) is 9.15. The zero-order chi connectivity index (χ0) is 13.4. The van der Waals surface area contributed by atoms with Crippen LogP contribution in [-0.2, 0) is 11.3 Å². The highest BCUT2D eigenvalue weighted by Crippen LogP contribution is 2.36. The van der Waals surface area contributed by atoms with Gasteiger partial charge in [0.1, 0.15) is 5.82 Å². The van der Waals surface area contributed by atoms with Gasteiger partial charge in [-0.05, 0) is 24.3 Å². The van der Waals surface area contributed by atoms with Gasteiger partial charge < -0.3 is 10.2 Å². The molecule has 2 aromatic rings. The lowest BCUT2D eigenvalue weighted by molar-refractivity contribution is -0.116. The maximum absolute atomic E-state index is 11.9. The van der Waals surface area contributed by atoms with Gasteiger partial charge in [0, 0.05) is 23.2 Å². The molecule has 0 spiro atoms. The van der Waals surface area contributed by atoms with Crippen molar-refractivity contribution in [2.24, 2.45) is 0 Å².